The van der Waals surface area contributed by atoms with E-state index in [0.717, 1.165) is 92.2 Å². The van der Waals surface area contributed by atoms with Crippen LogP contribution in [0.1, 0.15) is 172 Å². The number of rotatable bonds is 11. The summed E-state index contributed by atoms with van der Waals surface area (Å²) in [6, 6.07) is 22.9. The van der Waals surface area contributed by atoms with E-state index in [2.05, 4.69) is 13.8 Å². The van der Waals surface area contributed by atoms with Crippen molar-refractivity contribution in [1.82, 2.24) is 9.97 Å². The van der Waals surface area contributed by atoms with Gasteiger partial charge in [0, 0.05) is 78.3 Å². The highest BCUT2D eigenvalue weighted by Crippen LogP contribution is 2.42. The molecule has 0 N–H and O–H groups in total. The number of aldehydes is 1. The van der Waals surface area contributed by atoms with Gasteiger partial charge in [0.05, 0.1) is 39.9 Å². The molecule has 4 aromatic carbocycles. The Morgan fingerprint density at radius 3 is 1.59 bits per heavy atom. The zero-order valence-electron chi connectivity index (χ0n) is 47.7. The molecule has 0 unspecified atom stereocenters. The number of aromatic nitrogens is 2. The minimum Gasteiger partial charge on any atom is -0.460 e. The van der Waals surface area contributed by atoms with Gasteiger partial charge in [0.25, 0.3) is 11.4 Å². The molecule has 81 heavy (non-hydrogen) atoms. The number of nitro benzene ring substituents is 2. The number of halogens is 2. The van der Waals surface area contributed by atoms with Crippen LogP contribution < -0.4 is 0 Å². The van der Waals surface area contributed by atoms with Crippen LogP contribution in [0.25, 0.3) is 28.3 Å². The van der Waals surface area contributed by atoms with Gasteiger partial charge in [-0.3, -0.25) is 39.8 Å². The third-order valence-electron chi connectivity index (χ3n) is 14.7. The van der Waals surface area contributed by atoms with Crippen LogP contribution in [0, 0.1) is 31.9 Å². The van der Waals surface area contributed by atoms with Crippen molar-refractivity contribution in [1.29, 1.82) is 0 Å². The van der Waals surface area contributed by atoms with Crippen LogP contribution >= 0.6 is 0 Å². The number of hydrogen-bond donors (Lipinski definition) is 0. The average molecular weight is 1110 g/mol. The molecule has 2 aliphatic carbocycles. The van der Waals surface area contributed by atoms with Crippen molar-refractivity contribution in [3.05, 3.63) is 190 Å². The zero-order valence-corrected chi connectivity index (χ0v) is 47.7. The first kappa shape index (κ1) is 59.7. The molecule has 2 fully saturated rings. The lowest BCUT2D eigenvalue weighted by molar-refractivity contribution is -0.385. The maximum absolute atomic E-state index is 14.2. The Balaban J connectivity index is 0.000000209. The Kier molecular flexibility index (Phi) is 18.9. The van der Waals surface area contributed by atoms with Gasteiger partial charge in [0.2, 0.25) is 0 Å². The van der Waals surface area contributed by atoms with Crippen molar-refractivity contribution in [2.75, 3.05) is 13.2 Å². The molecular formula is C65H72F2N4O10. The Bertz CT molecular complexity index is 3320. The van der Waals surface area contributed by atoms with E-state index in [1.807, 2.05) is 72.8 Å². The van der Waals surface area contributed by atoms with E-state index in [1.165, 1.54) is 43.2 Å². The second-order valence-corrected chi connectivity index (χ2v) is 23.1. The van der Waals surface area contributed by atoms with E-state index in [-0.39, 0.29) is 63.2 Å². The SMILES string of the molecule is C1CCOC1.CC(C)c1nc2c(c(-c3ccc(F)cc3)c1/C=C/[C@@H]1C[C@H](CC(=O)OC(C)(C)C)OC(C)(C)O1)Cc1cccc([N+](=O)[O-])c1CC2.CC(C)c1nc2c(c(-c3ccc(F)cc3)c1C=O)Cc1cccc([N+](=O)[O-])c1CC2. The molecule has 6 aromatic rings. The Hall–Kier alpha value is -7.40. The average Bonchev–Trinajstić information content (AvgIpc) is 3.87. The van der Waals surface area contributed by atoms with E-state index < -0.39 is 17.5 Å². The summed E-state index contributed by atoms with van der Waals surface area (Å²) in [5, 5.41) is 23.4. The molecular weight excluding hydrogens is 1030 g/mol. The number of carbonyl (C=O) groups excluding carboxylic acids is 2. The van der Waals surface area contributed by atoms with E-state index in [1.54, 1.807) is 42.5 Å². The van der Waals surface area contributed by atoms with Gasteiger partial charge >= 0.3 is 5.97 Å². The lowest BCUT2D eigenvalue weighted by atomic mass is 9.86. The van der Waals surface area contributed by atoms with Crippen LogP contribution in [-0.2, 0) is 62.3 Å². The van der Waals surface area contributed by atoms with Crippen molar-refractivity contribution >= 4 is 29.7 Å². The maximum atomic E-state index is 14.2. The fourth-order valence-corrected chi connectivity index (χ4v) is 11.3. The molecule has 2 aliphatic heterocycles. The third kappa shape index (κ3) is 14.6. The molecule has 14 nitrogen and oxygen atoms in total. The van der Waals surface area contributed by atoms with Crippen LogP contribution in [0.4, 0.5) is 20.2 Å². The first-order valence-corrected chi connectivity index (χ1v) is 27.9. The molecule has 0 amide bonds. The smallest absolute Gasteiger partial charge is 0.308 e. The van der Waals surface area contributed by atoms with E-state index in [0.29, 0.717) is 61.8 Å². The highest BCUT2D eigenvalue weighted by atomic mass is 19.1. The molecule has 4 aliphatic rings. The van der Waals surface area contributed by atoms with Gasteiger partial charge in [-0.15, -0.1) is 0 Å². The Morgan fingerprint density at radius 2 is 1.17 bits per heavy atom. The monoisotopic (exact) mass is 1110 g/mol. The first-order valence-electron chi connectivity index (χ1n) is 27.9. The van der Waals surface area contributed by atoms with Crippen LogP contribution in [0.3, 0.4) is 0 Å². The molecule has 2 atom stereocenters. The number of fused-ring (bicyclic) bond motifs is 4. The summed E-state index contributed by atoms with van der Waals surface area (Å²) in [6.45, 7) is 19.3. The summed E-state index contributed by atoms with van der Waals surface area (Å²) in [4.78, 5) is 57.6. The predicted molar refractivity (Wildman–Crippen MR) is 307 cm³/mol. The number of ether oxygens (including phenoxy) is 4. The number of carbonyl (C=O) groups is 2. The van der Waals surface area contributed by atoms with Gasteiger partial charge in [-0.25, -0.2) is 8.78 Å². The number of nitrogens with zero attached hydrogens (tertiary/aromatic N) is 4. The number of hydrogen-bond acceptors (Lipinski definition) is 12. The molecule has 426 valence electrons. The second-order valence-electron chi connectivity index (χ2n) is 23.1. The maximum Gasteiger partial charge on any atom is 0.308 e. The van der Waals surface area contributed by atoms with Crippen LogP contribution in [0.2, 0.25) is 0 Å². The minimum atomic E-state index is -0.926. The van der Waals surface area contributed by atoms with Gasteiger partial charge in [0.1, 0.15) is 17.2 Å². The van der Waals surface area contributed by atoms with E-state index >= 15 is 0 Å². The topological polar surface area (TPSA) is 183 Å². The van der Waals surface area contributed by atoms with Crippen molar-refractivity contribution in [2.24, 2.45) is 0 Å². The number of nitro groups is 2. The quantitative estimate of drug-likeness (QED) is 0.0519. The van der Waals surface area contributed by atoms with Crippen LogP contribution in [0.15, 0.2) is 91.0 Å². The van der Waals surface area contributed by atoms with Gasteiger partial charge in [-0.1, -0.05) is 88.4 Å². The Morgan fingerprint density at radius 1 is 0.704 bits per heavy atom. The fourth-order valence-electron chi connectivity index (χ4n) is 11.3. The lowest BCUT2D eigenvalue weighted by Gasteiger charge is -2.40. The van der Waals surface area contributed by atoms with Crippen molar-refractivity contribution in [3.63, 3.8) is 0 Å². The summed E-state index contributed by atoms with van der Waals surface area (Å²) >= 11 is 0. The van der Waals surface area contributed by atoms with Crippen LogP contribution in [-0.4, -0.2) is 68.9 Å². The fraction of sp³-hybridized carbons (Fsp3) is 0.415. The van der Waals surface area contributed by atoms with E-state index in [9.17, 15) is 38.6 Å². The summed E-state index contributed by atoms with van der Waals surface area (Å²) in [7, 11) is 0. The number of aryl methyl sites for hydroxylation is 2. The highest BCUT2D eigenvalue weighted by Gasteiger charge is 2.37. The second kappa shape index (κ2) is 25.6. The molecule has 10 rings (SSSR count). The summed E-state index contributed by atoms with van der Waals surface area (Å²) in [6.07, 6.45) is 10.2. The third-order valence-corrected chi connectivity index (χ3v) is 14.7. The molecule has 2 saturated heterocycles. The van der Waals surface area contributed by atoms with Gasteiger partial charge in [0.15, 0.2) is 12.1 Å². The molecule has 16 heteroatoms. The summed E-state index contributed by atoms with van der Waals surface area (Å²) in [5.74, 6) is -1.86. The van der Waals surface area contributed by atoms with E-state index in [4.69, 9.17) is 28.9 Å². The van der Waals surface area contributed by atoms with Gasteiger partial charge in [-0.05, 0) is 154 Å². The zero-order chi connectivity index (χ0) is 58.3. The van der Waals surface area contributed by atoms with Gasteiger partial charge < -0.3 is 18.9 Å². The Labute approximate surface area is 472 Å². The molecule has 0 radical (unpaired) electrons. The number of esters is 1. The van der Waals surface area contributed by atoms with Crippen molar-refractivity contribution in [3.8, 4) is 22.3 Å². The minimum absolute atomic E-state index is 0.0228. The predicted octanol–water partition coefficient (Wildman–Crippen LogP) is 14.5. The number of pyridine rings is 2. The van der Waals surface area contributed by atoms with Crippen molar-refractivity contribution in [2.45, 2.75) is 162 Å². The molecule has 2 aromatic heterocycles. The normalized spacial score (nSPS) is 17.2. The summed E-state index contributed by atoms with van der Waals surface area (Å²) < 4.78 is 50.6. The van der Waals surface area contributed by atoms with Gasteiger partial charge in [-0.2, -0.15) is 0 Å². The lowest BCUT2D eigenvalue weighted by Crippen LogP contribution is -2.45. The number of benzene rings is 4. The van der Waals surface area contributed by atoms with Crippen LogP contribution in [0.5, 0.6) is 0 Å². The van der Waals surface area contributed by atoms with Crippen molar-refractivity contribution < 1.29 is 47.2 Å². The molecule has 0 spiro atoms. The summed E-state index contributed by atoms with van der Waals surface area (Å²) in [5.41, 5.74) is 12.7. The molecule has 0 saturated carbocycles. The molecule has 4 heterocycles. The molecule has 0 bridgehead atoms. The first-order chi connectivity index (χ1) is 38.5. The largest absolute Gasteiger partial charge is 0.460 e. The standard InChI is InChI=1S/C37H43FN2O6.C24H21FN2O3.C4H8O/c1-22(2)35-29(16-15-26-20-27(45-37(6,7)44-26)21-33(41)46-36(3,4)5)34(23-11-13-25(38)14-12-23)30-19-24-9-8-10-32(40(42)43)28(24)17-18-31(30)39-35;1-14(2)24-20(13-28)23(15-6-8-17(25)9-7-15)19-12-16-4-3-5-22(27(29)30)18(16)10-11-21(19)26-24;1-2-4-5-3-1/h8-16,22,26-27H,17-21H2,1-7H3;3-9,13-14H,10-12H2,1-2H3;1-4H2/b16-15+;;/t26-,27-;;/m1../s1. The highest BCUT2D eigenvalue weighted by molar-refractivity contribution is 5.91.